The average Bonchev–Trinajstić information content (AvgIpc) is 3.24. The molecular weight excluding hydrogens is 461 g/mol. The molecule has 4 aromatic rings. The number of hydrogen-bond donors (Lipinski definition) is 1. The van der Waals surface area contributed by atoms with E-state index in [1.54, 1.807) is 6.33 Å². The average molecular weight is 484 g/mol. The monoisotopic (exact) mass is 484 g/mol. The highest BCUT2D eigenvalue weighted by molar-refractivity contribution is 5.94. The third-order valence-electron chi connectivity index (χ3n) is 6.65. The number of benzene rings is 1. The zero-order valence-electron chi connectivity index (χ0n) is 19.1. The van der Waals surface area contributed by atoms with Gasteiger partial charge in [0.2, 0.25) is 11.7 Å². The van der Waals surface area contributed by atoms with Gasteiger partial charge in [0.05, 0.1) is 12.0 Å². The number of para-hydroxylation sites is 1. The summed E-state index contributed by atoms with van der Waals surface area (Å²) in [6, 6.07) is 6.91. The predicted molar refractivity (Wildman–Crippen MR) is 119 cm³/mol. The fraction of sp³-hybridized carbons (Fsp3) is 0.400. The van der Waals surface area contributed by atoms with Crippen LogP contribution in [0.4, 0.5) is 13.2 Å². The third kappa shape index (κ3) is 3.54. The molecule has 1 aromatic carbocycles. The molecule has 0 bridgehead atoms. The summed E-state index contributed by atoms with van der Waals surface area (Å²) in [6.45, 7) is 2.48. The summed E-state index contributed by atoms with van der Waals surface area (Å²) < 4.78 is 53.8. The molecule has 4 heterocycles. The Morgan fingerprint density at radius 3 is 2.71 bits per heavy atom. The van der Waals surface area contributed by atoms with E-state index in [-0.39, 0.29) is 12.5 Å². The molecule has 1 atom stereocenters. The van der Waals surface area contributed by atoms with E-state index in [9.17, 15) is 18.0 Å². The lowest BCUT2D eigenvalue weighted by Crippen LogP contribution is -2.41. The quantitative estimate of drug-likeness (QED) is 0.378. The normalized spacial score (nSPS) is 18.5. The van der Waals surface area contributed by atoms with Crippen molar-refractivity contribution in [2.24, 2.45) is 0 Å². The van der Waals surface area contributed by atoms with E-state index in [2.05, 4.69) is 15.0 Å². The highest BCUT2D eigenvalue weighted by Gasteiger charge is 2.44. The molecule has 1 N–H and O–H groups in total. The number of oxazole rings is 1. The zero-order chi connectivity index (χ0) is 24.5. The van der Waals surface area contributed by atoms with Crippen molar-refractivity contribution in [1.29, 1.82) is 0 Å². The van der Waals surface area contributed by atoms with Crippen LogP contribution in [-0.2, 0) is 12.1 Å². The summed E-state index contributed by atoms with van der Waals surface area (Å²) in [6.07, 6.45) is 0.879. The first-order chi connectivity index (χ1) is 16.7. The molecular formula is C25H23F3N4O3. The SMILES string of the molecule is CC(C)(F)c1nc(C(F)F)c(C(=O)N2CCc3[nH]cnc3[C@@H]2c2oc3ccccc3c2C2CC2)o1. The molecule has 1 amide bonds. The number of hydrogen-bond acceptors (Lipinski definition) is 5. The fourth-order valence-corrected chi connectivity index (χ4v) is 4.86. The number of aromatic nitrogens is 3. The van der Waals surface area contributed by atoms with E-state index < -0.39 is 41.4 Å². The Balaban J connectivity index is 1.51. The maximum Gasteiger partial charge on any atom is 0.292 e. The van der Waals surface area contributed by atoms with Crippen LogP contribution in [0.5, 0.6) is 0 Å². The van der Waals surface area contributed by atoms with Gasteiger partial charge in [-0.25, -0.2) is 23.1 Å². The van der Waals surface area contributed by atoms with E-state index >= 15 is 0 Å². The van der Waals surface area contributed by atoms with E-state index in [0.29, 0.717) is 23.5 Å². The number of amides is 1. The molecule has 0 saturated heterocycles. The van der Waals surface area contributed by atoms with Crippen LogP contribution in [0.3, 0.4) is 0 Å². The molecule has 0 unspecified atom stereocenters. The molecule has 2 aliphatic rings. The maximum atomic E-state index is 14.5. The van der Waals surface area contributed by atoms with Gasteiger partial charge < -0.3 is 18.7 Å². The fourth-order valence-electron chi connectivity index (χ4n) is 4.86. The molecule has 6 rings (SSSR count). The molecule has 35 heavy (non-hydrogen) atoms. The number of alkyl halides is 3. The Morgan fingerprint density at radius 1 is 1.23 bits per heavy atom. The Kier molecular flexibility index (Phi) is 4.84. The van der Waals surface area contributed by atoms with E-state index in [4.69, 9.17) is 8.83 Å². The van der Waals surface area contributed by atoms with Crippen molar-refractivity contribution in [2.45, 2.75) is 57.2 Å². The highest BCUT2D eigenvalue weighted by Crippen LogP contribution is 2.50. The summed E-state index contributed by atoms with van der Waals surface area (Å²) in [7, 11) is 0. The van der Waals surface area contributed by atoms with Gasteiger partial charge in [0.1, 0.15) is 17.4 Å². The topological polar surface area (TPSA) is 88.2 Å². The Bertz CT molecular complexity index is 1430. The van der Waals surface area contributed by atoms with Gasteiger partial charge in [0.15, 0.2) is 11.4 Å². The van der Waals surface area contributed by atoms with Gasteiger partial charge in [-0.2, -0.15) is 0 Å². The molecule has 0 spiro atoms. The summed E-state index contributed by atoms with van der Waals surface area (Å²) in [4.78, 5) is 26.4. The largest absolute Gasteiger partial charge is 0.458 e. The molecule has 182 valence electrons. The summed E-state index contributed by atoms with van der Waals surface area (Å²) in [5.74, 6) is -1.17. The van der Waals surface area contributed by atoms with Gasteiger partial charge in [-0.05, 0) is 38.7 Å². The second-order valence-corrected chi connectivity index (χ2v) is 9.57. The van der Waals surface area contributed by atoms with Crippen molar-refractivity contribution in [3.8, 4) is 0 Å². The highest BCUT2D eigenvalue weighted by atomic mass is 19.3. The van der Waals surface area contributed by atoms with Crippen LogP contribution in [0.1, 0.15) is 89.9 Å². The standard InChI is InChI=1S/C25H23F3N4O3/c1-25(2,28)24-31-18(22(26)27)21(35-24)23(33)32-10-9-14-17(30-11-29-14)19(32)20-16(12-7-8-12)13-5-3-4-6-15(13)34-20/h3-6,11-12,19,22H,7-10H2,1-2H3,(H,29,30)/t19-/m1/s1. The van der Waals surface area contributed by atoms with Crippen molar-refractivity contribution in [3.05, 3.63) is 70.6 Å². The number of nitrogens with zero attached hydrogens (tertiary/aromatic N) is 3. The van der Waals surface area contributed by atoms with Crippen LogP contribution in [-0.4, -0.2) is 32.3 Å². The number of fused-ring (bicyclic) bond motifs is 2. The summed E-state index contributed by atoms with van der Waals surface area (Å²) in [5.41, 5.74) is 0.143. The summed E-state index contributed by atoms with van der Waals surface area (Å²) in [5, 5.41) is 0.967. The third-order valence-corrected chi connectivity index (χ3v) is 6.65. The molecule has 7 nitrogen and oxygen atoms in total. The van der Waals surface area contributed by atoms with Gasteiger partial charge in [-0.15, -0.1) is 0 Å². The first-order valence-electron chi connectivity index (χ1n) is 11.6. The first kappa shape index (κ1) is 21.9. The van der Waals surface area contributed by atoms with Crippen molar-refractivity contribution in [3.63, 3.8) is 0 Å². The van der Waals surface area contributed by atoms with Crippen molar-refractivity contribution < 1.29 is 26.8 Å². The maximum absolute atomic E-state index is 14.5. The molecule has 0 radical (unpaired) electrons. The van der Waals surface area contributed by atoms with Crippen LogP contribution < -0.4 is 0 Å². The summed E-state index contributed by atoms with van der Waals surface area (Å²) >= 11 is 0. The molecule has 1 aliphatic heterocycles. The van der Waals surface area contributed by atoms with E-state index in [1.807, 2.05) is 24.3 Å². The number of carbonyl (C=O) groups excluding carboxylic acids is 1. The Hall–Kier alpha value is -3.56. The molecule has 1 fully saturated rings. The minimum Gasteiger partial charge on any atom is -0.458 e. The van der Waals surface area contributed by atoms with Crippen molar-refractivity contribution >= 4 is 16.9 Å². The molecule has 1 saturated carbocycles. The van der Waals surface area contributed by atoms with Crippen LogP contribution in [0.25, 0.3) is 11.0 Å². The van der Waals surface area contributed by atoms with E-state index in [0.717, 1.165) is 43.3 Å². The van der Waals surface area contributed by atoms with Gasteiger partial charge in [-0.3, -0.25) is 4.79 Å². The number of carbonyl (C=O) groups is 1. The van der Waals surface area contributed by atoms with Gasteiger partial charge in [0.25, 0.3) is 12.3 Å². The lowest BCUT2D eigenvalue weighted by molar-refractivity contribution is 0.0615. The lowest BCUT2D eigenvalue weighted by atomic mass is 9.94. The van der Waals surface area contributed by atoms with Gasteiger partial charge >= 0.3 is 0 Å². The number of halogens is 3. The number of imidazole rings is 1. The predicted octanol–water partition coefficient (Wildman–Crippen LogP) is 5.95. The van der Waals surface area contributed by atoms with Crippen molar-refractivity contribution in [2.75, 3.05) is 6.54 Å². The molecule has 10 heteroatoms. The van der Waals surface area contributed by atoms with Crippen molar-refractivity contribution in [1.82, 2.24) is 19.9 Å². The van der Waals surface area contributed by atoms with Crippen LogP contribution >= 0.6 is 0 Å². The van der Waals surface area contributed by atoms with Gasteiger partial charge in [-0.1, -0.05) is 18.2 Å². The Morgan fingerprint density at radius 2 is 2.00 bits per heavy atom. The van der Waals surface area contributed by atoms with Crippen LogP contribution in [0.15, 0.2) is 39.4 Å². The second-order valence-electron chi connectivity index (χ2n) is 9.57. The molecule has 1 aliphatic carbocycles. The number of nitrogens with one attached hydrogen (secondary N) is 1. The first-order valence-corrected chi connectivity index (χ1v) is 11.6. The smallest absolute Gasteiger partial charge is 0.292 e. The van der Waals surface area contributed by atoms with Crippen LogP contribution in [0.2, 0.25) is 0 Å². The van der Waals surface area contributed by atoms with Gasteiger partial charge in [0, 0.05) is 29.6 Å². The number of furan rings is 1. The number of rotatable bonds is 5. The van der Waals surface area contributed by atoms with E-state index in [1.165, 1.54) is 4.90 Å². The Labute approximate surface area is 198 Å². The zero-order valence-corrected chi connectivity index (χ0v) is 19.1. The second kappa shape index (κ2) is 7.73. The minimum atomic E-state index is -3.11. The molecule has 3 aromatic heterocycles. The number of H-pyrrole nitrogens is 1. The minimum absolute atomic E-state index is 0.206. The van der Waals surface area contributed by atoms with Crippen LogP contribution in [0, 0.1) is 0 Å². The lowest BCUT2D eigenvalue weighted by Gasteiger charge is -2.33. The number of aromatic amines is 1.